The number of hydrogen-bond donors (Lipinski definition) is 0. The van der Waals surface area contributed by atoms with E-state index in [4.69, 9.17) is 4.99 Å². The Bertz CT molecular complexity index is 639. The maximum Gasteiger partial charge on any atom is 0.0619 e. The molecule has 0 fully saturated rings. The van der Waals surface area contributed by atoms with E-state index in [1.54, 1.807) is 0 Å². The highest BCUT2D eigenvalue weighted by Crippen LogP contribution is 2.23. The molecule has 0 spiro atoms. The quantitative estimate of drug-likeness (QED) is 0.473. The first-order chi connectivity index (χ1) is 11.0. The first-order valence-corrected chi connectivity index (χ1v) is 9.26. The van der Waals surface area contributed by atoms with Gasteiger partial charge in [-0.15, -0.1) is 11.8 Å². The number of aryl methyl sites for hydroxylation is 2. The number of benzene rings is 2. The van der Waals surface area contributed by atoms with Crippen molar-refractivity contribution in [2.24, 2.45) is 10.9 Å². The highest BCUT2D eigenvalue weighted by atomic mass is 32.2. The van der Waals surface area contributed by atoms with E-state index in [-0.39, 0.29) is 0 Å². The van der Waals surface area contributed by atoms with Gasteiger partial charge in [-0.1, -0.05) is 50.2 Å². The second-order valence-corrected chi connectivity index (χ2v) is 7.51. The Labute approximate surface area is 145 Å². The molecule has 0 bridgehead atoms. The maximum absolute atomic E-state index is 5.08. The maximum atomic E-state index is 5.08. The van der Waals surface area contributed by atoms with Crippen LogP contribution in [0.4, 0.5) is 0 Å². The Morgan fingerprint density at radius 2 is 1.57 bits per heavy atom. The SMILES string of the molecule is CC(=N[C@H](CSc1ccccc1)C(C)C)c1c(C)cccc1C. The van der Waals surface area contributed by atoms with Crippen molar-refractivity contribution in [1.29, 1.82) is 0 Å². The molecule has 0 N–H and O–H groups in total. The van der Waals surface area contributed by atoms with Crippen LogP contribution in [0.15, 0.2) is 58.4 Å². The van der Waals surface area contributed by atoms with Gasteiger partial charge < -0.3 is 0 Å². The third-order valence-electron chi connectivity index (χ3n) is 4.14. The molecule has 2 rings (SSSR count). The average molecular weight is 326 g/mol. The van der Waals surface area contributed by atoms with Gasteiger partial charge in [-0.2, -0.15) is 0 Å². The Hall–Kier alpha value is -1.54. The largest absolute Gasteiger partial charge is 0.285 e. The molecule has 122 valence electrons. The third-order valence-corrected chi connectivity index (χ3v) is 5.25. The van der Waals surface area contributed by atoms with Crippen LogP contribution in [-0.4, -0.2) is 17.5 Å². The van der Waals surface area contributed by atoms with Crippen LogP contribution in [0.5, 0.6) is 0 Å². The van der Waals surface area contributed by atoms with E-state index < -0.39 is 0 Å². The molecule has 0 heterocycles. The van der Waals surface area contributed by atoms with Crippen LogP contribution in [0, 0.1) is 19.8 Å². The standard InChI is InChI=1S/C21H27NS/c1-15(2)20(14-23-19-12-7-6-8-13-19)22-18(5)21-16(3)10-9-11-17(21)4/h6-13,15,20H,14H2,1-5H3/t20-/m1/s1. The van der Waals surface area contributed by atoms with Gasteiger partial charge in [0.1, 0.15) is 0 Å². The molecule has 1 nitrogen and oxygen atoms in total. The van der Waals surface area contributed by atoms with Gasteiger partial charge in [-0.3, -0.25) is 4.99 Å². The number of thioether (sulfide) groups is 1. The summed E-state index contributed by atoms with van der Waals surface area (Å²) in [4.78, 5) is 6.40. The second-order valence-electron chi connectivity index (χ2n) is 6.42. The molecular formula is C21H27NS. The fourth-order valence-corrected chi connectivity index (χ4v) is 3.95. The van der Waals surface area contributed by atoms with Gasteiger partial charge in [-0.25, -0.2) is 0 Å². The summed E-state index contributed by atoms with van der Waals surface area (Å²) in [5.74, 6) is 1.55. The molecule has 2 heteroatoms. The van der Waals surface area contributed by atoms with E-state index in [1.165, 1.54) is 21.6 Å². The highest BCUT2D eigenvalue weighted by Gasteiger charge is 2.14. The van der Waals surface area contributed by atoms with E-state index in [2.05, 4.69) is 83.1 Å². The minimum atomic E-state index is 0.333. The Morgan fingerprint density at radius 3 is 2.13 bits per heavy atom. The van der Waals surface area contributed by atoms with Crippen LogP contribution in [0.25, 0.3) is 0 Å². The fraction of sp³-hybridized carbons (Fsp3) is 0.381. The molecule has 2 aromatic rings. The summed E-state index contributed by atoms with van der Waals surface area (Å²) < 4.78 is 0. The van der Waals surface area contributed by atoms with Crippen molar-refractivity contribution in [1.82, 2.24) is 0 Å². The second kappa shape index (κ2) is 8.35. The monoisotopic (exact) mass is 325 g/mol. The van der Waals surface area contributed by atoms with Crippen LogP contribution >= 0.6 is 11.8 Å². The molecule has 2 aromatic carbocycles. The zero-order valence-corrected chi connectivity index (χ0v) is 15.7. The van der Waals surface area contributed by atoms with Crippen LogP contribution in [-0.2, 0) is 0 Å². The summed E-state index contributed by atoms with van der Waals surface area (Å²) in [6.45, 7) is 11.0. The van der Waals surface area contributed by atoms with Gasteiger partial charge in [0.25, 0.3) is 0 Å². The third kappa shape index (κ3) is 4.97. The molecule has 0 radical (unpaired) electrons. The molecule has 23 heavy (non-hydrogen) atoms. The van der Waals surface area contributed by atoms with Gasteiger partial charge in [-0.05, 0) is 49.9 Å². The van der Waals surface area contributed by atoms with Gasteiger partial charge in [0.05, 0.1) is 6.04 Å². The topological polar surface area (TPSA) is 12.4 Å². The van der Waals surface area contributed by atoms with Crippen molar-refractivity contribution in [3.8, 4) is 0 Å². The average Bonchev–Trinajstić information content (AvgIpc) is 2.52. The van der Waals surface area contributed by atoms with Crippen molar-refractivity contribution < 1.29 is 0 Å². The molecule has 1 atom stereocenters. The molecule has 0 aromatic heterocycles. The summed E-state index contributed by atoms with van der Waals surface area (Å²) in [5, 5.41) is 0. The number of nitrogens with zero attached hydrogens (tertiary/aromatic N) is 1. The summed E-state index contributed by atoms with van der Waals surface area (Å²) in [7, 11) is 0. The summed E-state index contributed by atoms with van der Waals surface area (Å²) in [6, 6.07) is 17.4. The van der Waals surface area contributed by atoms with Crippen LogP contribution < -0.4 is 0 Å². The summed E-state index contributed by atoms with van der Waals surface area (Å²) >= 11 is 1.90. The van der Waals surface area contributed by atoms with Crippen molar-refractivity contribution in [2.75, 3.05) is 5.75 Å². The highest BCUT2D eigenvalue weighted by molar-refractivity contribution is 7.99. The van der Waals surface area contributed by atoms with Crippen LogP contribution in [0.1, 0.15) is 37.5 Å². The van der Waals surface area contributed by atoms with Gasteiger partial charge in [0.2, 0.25) is 0 Å². The number of rotatable bonds is 6. The van der Waals surface area contributed by atoms with Crippen molar-refractivity contribution in [3.63, 3.8) is 0 Å². The summed E-state index contributed by atoms with van der Waals surface area (Å²) in [5.41, 5.74) is 5.09. The van der Waals surface area contributed by atoms with Crippen molar-refractivity contribution in [2.45, 2.75) is 45.6 Å². The van der Waals surface area contributed by atoms with E-state index in [9.17, 15) is 0 Å². The van der Waals surface area contributed by atoms with Gasteiger partial charge in [0, 0.05) is 21.9 Å². The predicted molar refractivity (Wildman–Crippen MR) is 104 cm³/mol. The summed E-state index contributed by atoms with van der Waals surface area (Å²) in [6.07, 6.45) is 0. The Morgan fingerprint density at radius 1 is 0.957 bits per heavy atom. The molecule has 0 saturated heterocycles. The lowest BCUT2D eigenvalue weighted by Crippen LogP contribution is -2.19. The fourth-order valence-electron chi connectivity index (χ4n) is 2.78. The van der Waals surface area contributed by atoms with Crippen molar-refractivity contribution in [3.05, 3.63) is 65.2 Å². The first-order valence-electron chi connectivity index (χ1n) is 8.28. The first kappa shape index (κ1) is 17.8. The lowest BCUT2D eigenvalue weighted by molar-refractivity contribution is 0.538. The number of hydrogen-bond acceptors (Lipinski definition) is 2. The van der Waals surface area contributed by atoms with E-state index >= 15 is 0 Å². The molecule has 0 unspecified atom stereocenters. The number of aliphatic imine (C=N–C) groups is 1. The van der Waals surface area contributed by atoms with E-state index in [0.29, 0.717) is 12.0 Å². The van der Waals surface area contributed by atoms with Crippen LogP contribution in [0.3, 0.4) is 0 Å². The van der Waals surface area contributed by atoms with Crippen LogP contribution in [0.2, 0.25) is 0 Å². The van der Waals surface area contributed by atoms with E-state index in [0.717, 1.165) is 11.5 Å². The Kier molecular flexibility index (Phi) is 6.47. The molecule has 0 amide bonds. The minimum Gasteiger partial charge on any atom is -0.285 e. The Balaban J connectivity index is 2.17. The minimum absolute atomic E-state index is 0.333. The smallest absolute Gasteiger partial charge is 0.0619 e. The molecule has 0 aliphatic carbocycles. The zero-order valence-electron chi connectivity index (χ0n) is 14.8. The van der Waals surface area contributed by atoms with Gasteiger partial charge in [0.15, 0.2) is 0 Å². The van der Waals surface area contributed by atoms with E-state index in [1.807, 2.05) is 11.8 Å². The normalized spacial score (nSPS) is 13.4. The lowest BCUT2D eigenvalue weighted by Gasteiger charge is -2.19. The zero-order chi connectivity index (χ0) is 16.8. The predicted octanol–water partition coefficient (Wildman–Crippen LogP) is 5.93. The van der Waals surface area contributed by atoms with Crippen molar-refractivity contribution >= 4 is 17.5 Å². The lowest BCUT2D eigenvalue weighted by atomic mass is 9.98. The molecule has 0 saturated carbocycles. The molecule has 0 aliphatic heterocycles. The molecule has 0 aliphatic rings. The van der Waals surface area contributed by atoms with Gasteiger partial charge >= 0.3 is 0 Å². The molecular weight excluding hydrogens is 298 g/mol.